The van der Waals surface area contributed by atoms with Gasteiger partial charge in [-0.05, 0) is 32.8 Å². The van der Waals surface area contributed by atoms with Crippen molar-refractivity contribution in [2.75, 3.05) is 39.4 Å². The van der Waals surface area contributed by atoms with Crippen LogP contribution in [0.1, 0.15) is 45.8 Å². The standard InChI is InChI=1S/C20H28N2O4S/c1-14-13-17(15(2)27-14)18(23)3-4-19(24)21-7-5-16(6-8-21)20(25)22-9-11-26-12-10-22/h13,16H,3-12H2,1-2H3. The molecule has 0 N–H and O–H groups in total. The van der Waals surface area contributed by atoms with Crippen LogP contribution < -0.4 is 0 Å². The molecule has 0 bridgehead atoms. The van der Waals surface area contributed by atoms with E-state index in [-0.39, 0.29) is 36.4 Å². The zero-order chi connectivity index (χ0) is 19.4. The quantitative estimate of drug-likeness (QED) is 0.722. The van der Waals surface area contributed by atoms with E-state index in [9.17, 15) is 14.4 Å². The monoisotopic (exact) mass is 392 g/mol. The molecule has 3 heterocycles. The third-order valence-corrected chi connectivity index (χ3v) is 6.39. The molecule has 1 aromatic heterocycles. The van der Waals surface area contributed by atoms with Gasteiger partial charge in [0, 0.05) is 60.3 Å². The molecule has 0 aromatic carbocycles. The second kappa shape index (κ2) is 8.97. The van der Waals surface area contributed by atoms with Crippen molar-refractivity contribution in [1.82, 2.24) is 9.80 Å². The van der Waals surface area contributed by atoms with Crippen LogP contribution in [0.5, 0.6) is 0 Å². The summed E-state index contributed by atoms with van der Waals surface area (Å²) in [6, 6.07) is 1.91. The molecule has 0 radical (unpaired) electrons. The summed E-state index contributed by atoms with van der Waals surface area (Å²) in [5.41, 5.74) is 0.750. The fraction of sp³-hybridized carbons (Fsp3) is 0.650. The summed E-state index contributed by atoms with van der Waals surface area (Å²) in [5.74, 6) is 0.266. The van der Waals surface area contributed by atoms with E-state index in [1.54, 1.807) is 11.3 Å². The summed E-state index contributed by atoms with van der Waals surface area (Å²) in [7, 11) is 0. The number of ether oxygens (including phenoxy) is 1. The molecule has 0 aliphatic carbocycles. The largest absolute Gasteiger partial charge is 0.378 e. The minimum Gasteiger partial charge on any atom is -0.378 e. The fourth-order valence-corrected chi connectivity index (χ4v) is 4.78. The van der Waals surface area contributed by atoms with E-state index in [4.69, 9.17) is 4.74 Å². The van der Waals surface area contributed by atoms with Gasteiger partial charge in [0.05, 0.1) is 13.2 Å². The van der Waals surface area contributed by atoms with Gasteiger partial charge in [0.2, 0.25) is 11.8 Å². The van der Waals surface area contributed by atoms with Crippen molar-refractivity contribution in [1.29, 1.82) is 0 Å². The Bertz CT molecular complexity index is 701. The van der Waals surface area contributed by atoms with Gasteiger partial charge in [-0.3, -0.25) is 14.4 Å². The molecule has 2 saturated heterocycles. The maximum atomic E-state index is 12.6. The van der Waals surface area contributed by atoms with Crippen LogP contribution in [0.4, 0.5) is 0 Å². The minimum absolute atomic E-state index is 0.00483. The zero-order valence-corrected chi connectivity index (χ0v) is 17.0. The lowest BCUT2D eigenvalue weighted by atomic mass is 9.94. The molecule has 0 unspecified atom stereocenters. The molecular formula is C20H28N2O4S. The second-order valence-corrected chi connectivity index (χ2v) is 8.80. The summed E-state index contributed by atoms with van der Waals surface area (Å²) in [6.45, 7) is 7.70. The molecule has 27 heavy (non-hydrogen) atoms. The number of carbonyl (C=O) groups is 3. The maximum Gasteiger partial charge on any atom is 0.225 e. The number of rotatable bonds is 5. The molecule has 2 aliphatic heterocycles. The van der Waals surface area contributed by atoms with Crippen molar-refractivity contribution < 1.29 is 19.1 Å². The summed E-state index contributed by atoms with van der Waals surface area (Å²) in [5, 5.41) is 0. The zero-order valence-electron chi connectivity index (χ0n) is 16.2. The van der Waals surface area contributed by atoms with Gasteiger partial charge in [-0.2, -0.15) is 0 Å². The van der Waals surface area contributed by atoms with Crippen LogP contribution in [-0.4, -0.2) is 66.8 Å². The lowest BCUT2D eigenvalue weighted by molar-refractivity contribution is -0.143. The first kappa shape index (κ1) is 20.0. The number of Topliss-reactive ketones (excluding diaryl/α,β-unsaturated/α-hetero) is 1. The number of aryl methyl sites for hydroxylation is 2. The molecule has 6 nitrogen and oxygen atoms in total. The highest BCUT2D eigenvalue weighted by Crippen LogP contribution is 2.24. The lowest BCUT2D eigenvalue weighted by Crippen LogP contribution is -2.47. The highest BCUT2D eigenvalue weighted by molar-refractivity contribution is 7.12. The fourth-order valence-electron chi connectivity index (χ4n) is 3.84. The summed E-state index contributed by atoms with van der Waals surface area (Å²) >= 11 is 1.61. The molecule has 3 rings (SSSR count). The summed E-state index contributed by atoms with van der Waals surface area (Å²) in [6.07, 6.45) is 1.91. The van der Waals surface area contributed by atoms with Crippen molar-refractivity contribution in [2.45, 2.75) is 39.5 Å². The number of hydrogen-bond acceptors (Lipinski definition) is 5. The SMILES string of the molecule is Cc1cc(C(=O)CCC(=O)N2CCC(C(=O)N3CCOCC3)CC2)c(C)s1. The highest BCUT2D eigenvalue weighted by atomic mass is 32.1. The Morgan fingerprint density at radius 1 is 1.04 bits per heavy atom. The van der Waals surface area contributed by atoms with E-state index in [0.717, 1.165) is 15.3 Å². The van der Waals surface area contributed by atoms with E-state index < -0.39 is 0 Å². The van der Waals surface area contributed by atoms with Crippen molar-refractivity contribution >= 4 is 28.9 Å². The van der Waals surface area contributed by atoms with E-state index in [1.807, 2.05) is 29.7 Å². The van der Waals surface area contributed by atoms with E-state index in [0.29, 0.717) is 52.2 Å². The third-order valence-electron chi connectivity index (χ3n) is 5.43. The lowest BCUT2D eigenvalue weighted by Gasteiger charge is -2.35. The predicted octanol–water partition coefficient (Wildman–Crippen LogP) is 2.43. The first-order chi connectivity index (χ1) is 13.0. The molecule has 0 atom stereocenters. The van der Waals surface area contributed by atoms with Crippen molar-refractivity contribution in [2.24, 2.45) is 5.92 Å². The summed E-state index contributed by atoms with van der Waals surface area (Å²) < 4.78 is 5.30. The van der Waals surface area contributed by atoms with Crippen LogP contribution >= 0.6 is 11.3 Å². The van der Waals surface area contributed by atoms with Gasteiger partial charge in [0.15, 0.2) is 5.78 Å². The predicted molar refractivity (Wildman–Crippen MR) is 104 cm³/mol. The molecule has 0 saturated carbocycles. The van der Waals surface area contributed by atoms with E-state index in [2.05, 4.69) is 0 Å². The van der Waals surface area contributed by atoms with Crippen LogP contribution in [0.25, 0.3) is 0 Å². The Labute approximate surface area is 164 Å². The maximum absolute atomic E-state index is 12.6. The second-order valence-electron chi connectivity index (χ2n) is 7.34. The number of ketones is 1. The molecular weight excluding hydrogens is 364 g/mol. The van der Waals surface area contributed by atoms with Crippen LogP contribution in [0, 0.1) is 19.8 Å². The van der Waals surface area contributed by atoms with Gasteiger partial charge < -0.3 is 14.5 Å². The number of piperidine rings is 1. The molecule has 0 spiro atoms. The number of hydrogen-bond donors (Lipinski definition) is 0. The van der Waals surface area contributed by atoms with Crippen LogP contribution in [-0.2, 0) is 14.3 Å². The normalized spacial score (nSPS) is 18.6. The van der Waals surface area contributed by atoms with Crippen molar-refractivity contribution in [3.63, 3.8) is 0 Å². The molecule has 2 amide bonds. The Balaban J connectivity index is 1.43. The Morgan fingerprint density at radius 3 is 2.30 bits per heavy atom. The highest BCUT2D eigenvalue weighted by Gasteiger charge is 2.30. The number of carbonyl (C=O) groups excluding carboxylic acids is 3. The van der Waals surface area contributed by atoms with Crippen molar-refractivity contribution in [3.05, 3.63) is 21.4 Å². The first-order valence-corrected chi connectivity index (χ1v) is 10.5. The molecule has 148 valence electrons. The van der Waals surface area contributed by atoms with Crippen LogP contribution in [0.3, 0.4) is 0 Å². The summed E-state index contributed by atoms with van der Waals surface area (Å²) in [4.78, 5) is 43.2. The Hall–Kier alpha value is -1.73. The number of nitrogens with zero attached hydrogens (tertiary/aromatic N) is 2. The minimum atomic E-state index is 0.00483. The molecule has 2 fully saturated rings. The topological polar surface area (TPSA) is 66.9 Å². The van der Waals surface area contributed by atoms with Crippen LogP contribution in [0.2, 0.25) is 0 Å². The number of amides is 2. The third kappa shape index (κ3) is 4.96. The first-order valence-electron chi connectivity index (χ1n) is 9.70. The number of likely N-dealkylation sites (tertiary alicyclic amines) is 1. The molecule has 1 aromatic rings. The van der Waals surface area contributed by atoms with Gasteiger partial charge in [0.25, 0.3) is 0 Å². The molecule has 7 heteroatoms. The smallest absolute Gasteiger partial charge is 0.225 e. The Morgan fingerprint density at radius 2 is 1.70 bits per heavy atom. The van der Waals surface area contributed by atoms with Crippen LogP contribution in [0.15, 0.2) is 6.07 Å². The van der Waals surface area contributed by atoms with E-state index in [1.165, 1.54) is 0 Å². The Kier molecular flexibility index (Phi) is 6.65. The molecule has 2 aliphatic rings. The van der Waals surface area contributed by atoms with Gasteiger partial charge >= 0.3 is 0 Å². The van der Waals surface area contributed by atoms with Gasteiger partial charge in [-0.25, -0.2) is 0 Å². The van der Waals surface area contributed by atoms with Gasteiger partial charge in [-0.15, -0.1) is 11.3 Å². The van der Waals surface area contributed by atoms with E-state index >= 15 is 0 Å². The van der Waals surface area contributed by atoms with Gasteiger partial charge in [-0.1, -0.05) is 0 Å². The average Bonchev–Trinajstić information content (AvgIpc) is 3.04. The number of thiophene rings is 1. The number of morpholine rings is 1. The van der Waals surface area contributed by atoms with Crippen molar-refractivity contribution in [3.8, 4) is 0 Å². The van der Waals surface area contributed by atoms with Gasteiger partial charge in [0.1, 0.15) is 0 Å². The average molecular weight is 393 g/mol.